The Morgan fingerprint density at radius 2 is 2.00 bits per heavy atom. The topological polar surface area (TPSA) is 135 Å². The Kier molecular flexibility index (Phi) is 6.96. The van der Waals surface area contributed by atoms with E-state index in [1.807, 2.05) is 25.7 Å². The Morgan fingerprint density at radius 1 is 1.32 bits per heavy atom. The zero-order valence-electron chi connectivity index (χ0n) is 19.5. The molecular weight excluding hydrogens is 480 g/mol. The van der Waals surface area contributed by atoms with Gasteiger partial charge in [-0.25, -0.2) is 9.78 Å². The van der Waals surface area contributed by atoms with Crippen molar-refractivity contribution in [1.29, 1.82) is 0 Å². The van der Waals surface area contributed by atoms with Crippen LogP contribution in [-0.4, -0.2) is 97.6 Å². The van der Waals surface area contributed by atoms with Gasteiger partial charge in [0.2, 0.25) is 5.91 Å². The first-order valence-corrected chi connectivity index (χ1v) is 13.1. The molecule has 0 unspecified atom stereocenters. The number of hydrogen-bond donors (Lipinski definition) is 3. The number of aliphatic carboxylic acids is 1. The number of thiazole rings is 1. The molecule has 1 aromatic rings. The van der Waals surface area contributed by atoms with E-state index in [4.69, 9.17) is 0 Å². The molecule has 0 aromatic carbocycles. The summed E-state index contributed by atoms with van der Waals surface area (Å²) < 4.78 is 0. The van der Waals surface area contributed by atoms with Crippen LogP contribution in [0.15, 0.2) is 16.0 Å². The summed E-state index contributed by atoms with van der Waals surface area (Å²) >= 11 is 2.87. The van der Waals surface area contributed by atoms with E-state index >= 15 is 0 Å². The fraction of sp³-hybridized carbons (Fsp3) is 0.636. The Labute approximate surface area is 206 Å². The molecule has 3 aliphatic rings. The molecule has 0 bridgehead atoms. The lowest BCUT2D eigenvalue weighted by atomic mass is 9.79. The van der Waals surface area contributed by atoms with Crippen molar-refractivity contribution < 1.29 is 29.7 Å². The highest BCUT2D eigenvalue weighted by atomic mass is 32.2. The Hall–Kier alpha value is -2.15. The third-order valence-electron chi connectivity index (χ3n) is 6.66. The minimum atomic E-state index is -1.12. The molecule has 0 saturated carbocycles. The lowest BCUT2D eigenvalue weighted by molar-refractivity contribution is -0.163. The molecule has 0 spiro atoms. The van der Waals surface area contributed by atoms with Gasteiger partial charge in [0.15, 0.2) is 5.13 Å². The van der Waals surface area contributed by atoms with E-state index in [1.54, 1.807) is 17.2 Å². The predicted molar refractivity (Wildman–Crippen MR) is 129 cm³/mol. The Morgan fingerprint density at radius 3 is 2.56 bits per heavy atom. The maximum absolute atomic E-state index is 12.7. The third-order valence-corrected chi connectivity index (χ3v) is 9.01. The first-order chi connectivity index (χ1) is 16.1. The minimum absolute atomic E-state index is 0.0441. The monoisotopic (exact) mass is 510 g/mol. The Bertz CT molecular complexity index is 1020. The van der Waals surface area contributed by atoms with E-state index < -0.39 is 18.0 Å². The standard InChI is InChI=1S/C22H30N4O6S2/c1-10(2)25(5-6-27)19(29)14-9-33-22(23-14)24-7-13(8-24)34-18-11(3)16-15(12(4)28)20(30)26(16)17(18)21(31)32/h9-13,15-16,27-28H,5-8H2,1-4H3,(H,31,32)/t11-,12-,15-,16-/m1/s1. The van der Waals surface area contributed by atoms with Crippen molar-refractivity contribution in [2.45, 2.75) is 51.1 Å². The number of β-lactam (4-membered cyclic amide) rings is 1. The molecule has 2 fully saturated rings. The van der Waals surface area contributed by atoms with Gasteiger partial charge in [0.25, 0.3) is 5.91 Å². The van der Waals surface area contributed by atoms with Gasteiger partial charge in [-0.15, -0.1) is 23.1 Å². The molecule has 2 amide bonds. The first-order valence-electron chi connectivity index (χ1n) is 11.3. The quantitative estimate of drug-likeness (QED) is 0.417. The second-order valence-electron chi connectivity index (χ2n) is 9.25. The van der Waals surface area contributed by atoms with Crippen LogP contribution in [0.4, 0.5) is 5.13 Å². The lowest BCUT2D eigenvalue weighted by Gasteiger charge is -2.46. The second kappa shape index (κ2) is 9.48. The van der Waals surface area contributed by atoms with Crippen molar-refractivity contribution in [3.05, 3.63) is 21.7 Å². The predicted octanol–water partition coefficient (Wildman–Crippen LogP) is 1.06. The van der Waals surface area contributed by atoms with Crippen molar-refractivity contribution in [1.82, 2.24) is 14.8 Å². The highest BCUT2D eigenvalue weighted by Gasteiger charge is 2.60. The van der Waals surface area contributed by atoms with Gasteiger partial charge in [0.1, 0.15) is 11.4 Å². The number of carbonyl (C=O) groups excluding carboxylic acids is 2. The van der Waals surface area contributed by atoms with Gasteiger partial charge < -0.3 is 30.0 Å². The van der Waals surface area contributed by atoms with E-state index in [9.17, 15) is 29.7 Å². The van der Waals surface area contributed by atoms with Crippen LogP contribution in [0.3, 0.4) is 0 Å². The van der Waals surface area contributed by atoms with E-state index in [0.29, 0.717) is 23.7 Å². The maximum atomic E-state index is 12.7. The van der Waals surface area contributed by atoms with Gasteiger partial charge in [-0.1, -0.05) is 6.92 Å². The minimum Gasteiger partial charge on any atom is -0.477 e. The summed E-state index contributed by atoms with van der Waals surface area (Å²) in [5.41, 5.74) is 0.397. The summed E-state index contributed by atoms with van der Waals surface area (Å²) in [6.45, 7) is 8.71. The van der Waals surface area contributed by atoms with Crippen LogP contribution in [0, 0.1) is 11.8 Å². The van der Waals surface area contributed by atoms with Crippen LogP contribution in [0.25, 0.3) is 0 Å². The van der Waals surface area contributed by atoms with E-state index in [2.05, 4.69) is 4.98 Å². The molecule has 1 aromatic heterocycles. The molecular formula is C22H30N4O6S2. The summed E-state index contributed by atoms with van der Waals surface area (Å²) in [7, 11) is 0. The van der Waals surface area contributed by atoms with Gasteiger partial charge in [-0.05, 0) is 20.8 Å². The average molecular weight is 511 g/mol. The van der Waals surface area contributed by atoms with Crippen molar-refractivity contribution in [2.24, 2.45) is 11.8 Å². The smallest absolute Gasteiger partial charge is 0.353 e. The molecule has 2 saturated heterocycles. The molecule has 10 nitrogen and oxygen atoms in total. The average Bonchev–Trinajstić information content (AvgIpc) is 3.29. The van der Waals surface area contributed by atoms with Crippen LogP contribution in [-0.2, 0) is 9.59 Å². The second-order valence-corrected chi connectivity index (χ2v) is 11.4. The summed E-state index contributed by atoms with van der Waals surface area (Å²) in [6, 6.07) is -0.362. The van der Waals surface area contributed by atoms with E-state index in [0.717, 1.165) is 5.13 Å². The van der Waals surface area contributed by atoms with Crippen LogP contribution in [0.5, 0.6) is 0 Å². The number of rotatable bonds is 9. The first kappa shape index (κ1) is 25.0. The number of nitrogens with zero attached hydrogens (tertiary/aromatic N) is 4. The number of aliphatic hydroxyl groups is 2. The number of amides is 2. The highest BCUT2D eigenvalue weighted by Crippen LogP contribution is 2.52. The number of aliphatic hydroxyl groups excluding tert-OH is 2. The lowest BCUT2D eigenvalue weighted by Crippen LogP contribution is -2.63. The van der Waals surface area contributed by atoms with Gasteiger partial charge in [-0.2, -0.15) is 0 Å². The van der Waals surface area contributed by atoms with Gasteiger partial charge in [0, 0.05) is 47.1 Å². The number of thioether (sulfide) groups is 1. The largest absolute Gasteiger partial charge is 0.477 e. The molecule has 0 radical (unpaired) electrons. The van der Waals surface area contributed by atoms with Crippen LogP contribution >= 0.6 is 23.1 Å². The molecule has 4 heterocycles. The van der Waals surface area contributed by atoms with Gasteiger partial charge >= 0.3 is 5.97 Å². The van der Waals surface area contributed by atoms with Crippen LogP contribution in [0.2, 0.25) is 0 Å². The molecule has 0 aliphatic carbocycles. The van der Waals surface area contributed by atoms with Crippen LogP contribution < -0.4 is 4.90 Å². The molecule has 4 rings (SSSR count). The third kappa shape index (κ3) is 4.10. The normalized spacial score (nSPS) is 25.4. The number of aromatic nitrogens is 1. The van der Waals surface area contributed by atoms with Crippen LogP contribution in [0.1, 0.15) is 38.2 Å². The van der Waals surface area contributed by atoms with Crippen molar-refractivity contribution in [2.75, 3.05) is 31.1 Å². The summed E-state index contributed by atoms with van der Waals surface area (Å²) in [5, 5.41) is 31.6. The molecule has 4 atom stereocenters. The fourth-order valence-corrected chi connectivity index (χ4v) is 7.22. The molecule has 12 heteroatoms. The van der Waals surface area contributed by atoms with Crippen molar-refractivity contribution >= 4 is 46.0 Å². The molecule has 34 heavy (non-hydrogen) atoms. The number of carbonyl (C=O) groups is 3. The summed E-state index contributed by atoms with van der Waals surface area (Å²) in [4.78, 5) is 47.3. The summed E-state index contributed by atoms with van der Waals surface area (Å²) in [5.74, 6) is -2.38. The molecule has 3 aliphatic heterocycles. The number of carboxylic acid groups (broad SMARTS) is 1. The van der Waals surface area contributed by atoms with Crippen molar-refractivity contribution in [3.8, 4) is 0 Å². The zero-order chi connectivity index (χ0) is 24.9. The Balaban J connectivity index is 1.41. The fourth-order valence-electron chi connectivity index (χ4n) is 4.88. The SMILES string of the molecule is CC(C)N(CCO)C(=O)c1csc(N2CC(SC3=C(C(=O)O)N4C(=O)[C@H]([C@@H](C)O)[C@H]4[C@H]3C)C2)n1. The van der Waals surface area contributed by atoms with Gasteiger partial charge in [-0.3, -0.25) is 9.59 Å². The van der Waals surface area contributed by atoms with Gasteiger partial charge in [0.05, 0.1) is 24.7 Å². The van der Waals surface area contributed by atoms with Crippen molar-refractivity contribution in [3.63, 3.8) is 0 Å². The molecule has 3 N–H and O–H groups in total. The number of fused-ring (bicyclic) bond motifs is 1. The number of carboxylic acids is 1. The van der Waals surface area contributed by atoms with E-state index in [-0.39, 0.29) is 53.9 Å². The summed E-state index contributed by atoms with van der Waals surface area (Å²) in [6.07, 6.45) is -0.819. The highest BCUT2D eigenvalue weighted by molar-refractivity contribution is 8.03. The molecule has 186 valence electrons. The maximum Gasteiger partial charge on any atom is 0.353 e. The number of anilines is 1. The zero-order valence-corrected chi connectivity index (χ0v) is 21.2. The number of hydrogen-bond acceptors (Lipinski definition) is 9. The van der Waals surface area contributed by atoms with E-state index in [1.165, 1.54) is 28.0 Å².